The van der Waals surface area contributed by atoms with Crippen LogP contribution in [-0.2, 0) is 4.74 Å². The van der Waals surface area contributed by atoms with Gasteiger partial charge < -0.3 is 19.8 Å². The van der Waals surface area contributed by atoms with Crippen LogP contribution in [0.25, 0.3) is 16.5 Å². The lowest BCUT2D eigenvalue weighted by Crippen LogP contribution is -2.62. The van der Waals surface area contributed by atoms with Gasteiger partial charge in [0.25, 0.3) is 0 Å². The molecule has 3 heterocycles. The highest BCUT2D eigenvalue weighted by Gasteiger charge is 2.68. The van der Waals surface area contributed by atoms with Crippen LogP contribution in [0.4, 0.5) is 0 Å². The lowest BCUT2D eigenvalue weighted by atomic mass is 9.54. The van der Waals surface area contributed by atoms with Crippen LogP contribution in [0.3, 0.4) is 0 Å². The summed E-state index contributed by atoms with van der Waals surface area (Å²) in [6, 6.07) is 8.42. The first-order chi connectivity index (χ1) is 17.2. The summed E-state index contributed by atoms with van der Waals surface area (Å²) in [7, 11) is 3.96. The zero-order valence-electron chi connectivity index (χ0n) is 21.5. The van der Waals surface area contributed by atoms with Gasteiger partial charge in [0, 0.05) is 22.8 Å². The highest BCUT2D eigenvalue weighted by atomic mass is 16.5. The minimum absolute atomic E-state index is 0.0672. The Balaban J connectivity index is 1.33. The van der Waals surface area contributed by atoms with E-state index < -0.39 is 17.8 Å². The maximum absolute atomic E-state index is 11.2. The molecule has 0 radical (unpaired) electrons. The number of nitrogens with zero attached hydrogens (tertiary/aromatic N) is 3. The normalized spacial score (nSPS) is 43.0. The molecular formula is C30H35N3O3. The molecule has 2 fully saturated rings. The number of allylic oxidation sites excluding steroid dienone is 3. The van der Waals surface area contributed by atoms with Crippen LogP contribution in [0, 0.1) is 17.3 Å². The fraction of sp³-hybridized carbons (Fsp3) is 0.533. The summed E-state index contributed by atoms with van der Waals surface area (Å²) in [4.78, 5) is 2.03. The Labute approximate surface area is 212 Å². The maximum Gasteiger partial charge on any atom is 0.105 e. The molecule has 8 unspecified atom stereocenters. The summed E-state index contributed by atoms with van der Waals surface area (Å²) >= 11 is 0. The molecule has 2 spiro atoms. The fourth-order valence-electron chi connectivity index (χ4n) is 8.41. The minimum atomic E-state index is -0.898. The molecule has 2 bridgehead atoms. The van der Waals surface area contributed by atoms with E-state index >= 15 is 0 Å². The van der Waals surface area contributed by atoms with Crippen LogP contribution in [0.1, 0.15) is 45.1 Å². The van der Waals surface area contributed by atoms with Crippen molar-refractivity contribution in [2.45, 2.75) is 69.0 Å². The van der Waals surface area contributed by atoms with Crippen molar-refractivity contribution in [3.8, 4) is 0 Å². The Bertz CT molecular complexity index is 1360. The van der Waals surface area contributed by atoms with Crippen molar-refractivity contribution in [1.82, 2.24) is 15.1 Å². The van der Waals surface area contributed by atoms with Gasteiger partial charge in [0.2, 0.25) is 0 Å². The average molecular weight is 486 g/mol. The largest absolute Gasteiger partial charge is 0.388 e. The van der Waals surface area contributed by atoms with E-state index in [-0.39, 0.29) is 17.1 Å². The standard InChI is InChI=1S/C30H35N3O3/c1-17-13-20-15-22-26(34)27(35)24(33(3)4)16-29(22)10-11-30(20,36-29)25-8-6-21(28(17,25)2)18-5-7-23-19(14-18)9-12-31-32-23/h5-7,9,12-15,17,24-27,34-35H,8,10-11,16H2,1-4H3. The highest BCUT2D eigenvalue weighted by Crippen LogP contribution is 2.69. The first kappa shape index (κ1) is 22.8. The van der Waals surface area contributed by atoms with E-state index in [1.165, 1.54) is 16.7 Å². The van der Waals surface area contributed by atoms with Crippen molar-refractivity contribution in [3.63, 3.8) is 0 Å². The zero-order chi connectivity index (χ0) is 25.0. The summed E-state index contributed by atoms with van der Waals surface area (Å²) in [6.45, 7) is 4.75. The average Bonchev–Trinajstić information content (AvgIpc) is 3.39. The summed E-state index contributed by atoms with van der Waals surface area (Å²) in [5.41, 5.74) is 4.72. The highest BCUT2D eigenvalue weighted by molar-refractivity contribution is 5.85. The molecule has 1 aromatic heterocycles. The molecule has 188 valence electrons. The van der Waals surface area contributed by atoms with Gasteiger partial charge in [-0.2, -0.15) is 10.2 Å². The third-order valence-electron chi connectivity index (χ3n) is 10.5. The molecule has 6 heteroatoms. The summed E-state index contributed by atoms with van der Waals surface area (Å²) < 4.78 is 7.28. The molecule has 1 saturated heterocycles. The van der Waals surface area contributed by atoms with Crippen LogP contribution in [0.2, 0.25) is 0 Å². The van der Waals surface area contributed by atoms with E-state index in [1.807, 2.05) is 25.1 Å². The molecular weight excluding hydrogens is 450 g/mol. The molecule has 36 heavy (non-hydrogen) atoms. The van der Waals surface area contributed by atoms with E-state index in [0.29, 0.717) is 18.3 Å². The van der Waals surface area contributed by atoms with Gasteiger partial charge in [-0.15, -0.1) is 0 Å². The number of hydrogen-bond donors (Lipinski definition) is 2. The van der Waals surface area contributed by atoms with E-state index in [4.69, 9.17) is 4.74 Å². The van der Waals surface area contributed by atoms with Crippen molar-refractivity contribution in [1.29, 1.82) is 0 Å². The number of aliphatic hydroxyl groups is 2. The lowest BCUT2D eigenvalue weighted by molar-refractivity contribution is -0.165. The lowest BCUT2D eigenvalue weighted by Gasteiger charge is -2.57. The van der Waals surface area contributed by atoms with Crippen molar-refractivity contribution < 1.29 is 14.9 Å². The Kier molecular flexibility index (Phi) is 4.65. The first-order valence-corrected chi connectivity index (χ1v) is 13.3. The monoisotopic (exact) mass is 485 g/mol. The summed E-state index contributed by atoms with van der Waals surface area (Å²) in [5, 5.41) is 31.5. The molecule has 6 nitrogen and oxygen atoms in total. The van der Waals surface area contributed by atoms with Crippen LogP contribution in [0.5, 0.6) is 0 Å². The molecule has 7 rings (SSSR count). The predicted molar refractivity (Wildman–Crippen MR) is 139 cm³/mol. The molecule has 2 aromatic rings. The molecule has 8 atom stereocenters. The Morgan fingerprint density at radius 1 is 1.14 bits per heavy atom. The topological polar surface area (TPSA) is 78.7 Å². The number of aliphatic hydroxyl groups excluding tert-OH is 2. The van der Waals surface area contributed by atoms with Crippen molar-refractivity contribution in [3.05, 3.63) is 65.4 Å². The fourth-order valence-corrected chi connectivity index (χ4v) is 8.41. The smallest absolute Gasteiger partial charge is 0.105 e. The minimum Gasteiger partial charge on any atom is -0.388 e. The van der Waals surface area contributed by atoms with E-state index in [0.717, 1.165) is 35.7 Å². The summed E-state index contributed by atoms with van der Waals surface area (Å²) in [5.74, 6) is 0.622. The van der Waals surface area contributed by atoms with Crippen molar-refractivity contribution in [2.75, 3.05) is 14.1 Å². The Morgan fingerprint density at radius 3 is 2.78 bits per heavy atom. The predicted octanol–water partition coefficient (Wildman–Crippen LogP) is 3.90. The molecule has 5 aliphatic rings. The van der Waals surface area contributed by atoms with Gasteiger partial charge in [0.15, 0.2) is 0 Å². The quantitative estimate of drug-likeness (QED) is 0.672. The molecule has 2 N–H and O–H groups in total. The van der Waals surface area contributed by atoms with Gasteiger partial charge in [-0.3, -0.25) is 0 Å². The number of ether oxygens (including phenoxy) is 1. The molecule has 1 aromatic carbocycles. The van der Waals surface area contributed by atoms with Gasteiger partial charge in [0.05, 0.1) is 29.0 Å². The van der Waals surface area contributed by atoms with Gasteiger partial charge >= 0.3 is 0 Å². The third-order valence-corrected chi connectivity index (χ3v) is 10.5. The molecule has 0 amide bonds. The second-order valence-electron chi connectivity index (χ2n) is 12.2. The number of likely N-dealkylation sites (N-methyl/N-ethyl adjacent to an activating group) is 1. The number of fused-ring (bicyclic) bond motifs is 2. The molecule has 2 aliphatic heterocycles. The van der Waals surface area contributed by atoms with Crippen molar-refractivity contribution in [2.24, 2.45) is 17.3 Å². The summed E-state index contributed by atoms with van der Waals surface area (Å²) in [6.07, 6.45) is 10.6. The van der Waals surface area contributed by atoms with Crippen LogP contribution < -0.4 is 0 Å². The van der Waals surface area contributed by atoms with Gasteiger partial charge in [-0.1, -0.05) is 38.1 Å². The zero-order valence-corrected chi connectivity index (χ0v) is 21.5. The molecule has 3 aliphatic carbocycles. The van der Waals surface area contributed by atoms with Gasteiger partial charge in [0.1, 0.15) is 6.10 Å². The van der Waals surface area contributed by atoms with Crippen LogP contribution >= 0.6 is 0 Å². The number of benzene rings is 1. The van der Waals surface area contributed by atoms with Gasteiger partial charge in [-0.25, -0.2) is 0 Å². The second kappa shape index (κ2) is 7.35. The molecule has 1 saturated carbocycles. The number of aromatic nitrogens is 2. The first-order valence-electron chi connectivity index (χ1n) is 13.3. The van der Waals surface area contributed by atoms with E-state index in [9.17, 15) is 10.2 Å². The van der Waals surface area contributed by atoms with Gasteiger partial charge in [-0.05, 0) is 86.2 Å². The SMILES string of the molecule is CC1C=C2C=C3C(O)C(O)C(N(C)C)CC34CCC2(O4)C2CC=C(c3ccc4nnccc4c3)C12C. The maximum atomic E-state index is 11.2. The number of hydrogen-bond acceptors (Lipinski definition) is 6. The van der Waals surface area contributed by atoms with Crippen molar-refractivity contribution >= 4 is 16.5 Å². The third kappa shape index (κ3) is 2.71. The van der Waals surface area contributed by atoms with Crippen LogP contribution in [0.15, 0.2) is 59.8 Å². The van der Waals surface area contributed by atoms with Crippen LogP contribution in [-0.4, -0.2) is 68.9 Å². The Hall–Kier alpha value is -2.38. The Morgan fingerprint density at radius 2 is 1.97 bits per heavy atom. The number of rotatable bonds is 2. The van der Waals surface area contributed by atoms with E-state index in [1.54, 1.807) is 6.20 Å². The van der Waals surface area contributed by atoms with E-state index in [2.05, 4.69) is 60.5 Å². The second-order valence-corrected chi connectivity index (χ2v) is 12.2.